The van der Waals surface area contributed by atoms with Crippen LogP contribution >= 0.6 is 0 Å². The summed E-state index contributed by atoms with van der Waals surface area (Å²) in [5.74, 6) is -0.562. The van der Waals surface area contributed by atoms with Crippen LogP contribution in [0.15, 0.2) is 30.6 Å². The molecule has 25 heavy (non-hydrogen) atoms. The zero-order valence-electron chi connectivity index (χ0n) is 14.1. The van der Waals surface area contributed by atoms with Crippen LogP contribution in [-0.4, -0.2) is 32.0 Å². The summed E-state index contributed by atoms with van der Waals surface area (Å²) in [5.41, 5.74) is 3.22. The van der Waals surface area contributed by atoms with Crippen LogP contribution in [0.1, 0.15) is 24.1 Å². The molecule has 2 N–H and O–H groups in total. The van der Waals surface area contributed by atoms with Gasteiger partial charge < -0.3 is 10.4 Å². The van der Waals surface area contributed by atoms with Gasteiger partial charge in [-0.3, -0.25) is 14.2 Å². The molecule has 130 valence electrons. The molecule has 0 spiro atoms. The second-order valence-electron chi connectivity index (χ2n) is 5.97. The number of hydrogen-bond donors (Lipinski definition) is 2. The number of carbonyl (C=O) groups is 1. The number of carboxylic acid groups (broad SMARTS) is 1. The monoisotopic (exact) mass is 342 g/mol. The van der Waals surface area contributed by atoms with Crippen LogP contribution in [0.25, 0.3) is 16.9 Å². The Morgan fingerprint density at radius 1 is 1.36 bits per heavy atom. The molecule has 0 bridgehead atoms. The zero-order valence-corrected chi connectivity index (χ0v) is 14.1. The van der Waals surface area contributed by atoms with Crippen molar-refractivity contribution in [3.63, 3.8) is 0 Å². The third-order valence-electron chi connectivity index (χ3n) is 3.87. The Kier molecular flexibility index (Phi) is 4.65. The van der Waals surface area contributed by atoms with E-state index in [-0.39, 0.29) is 12.2 Å². The van der Waals surface area contributed by atoms with Crippen molar-refractivity contribution >= 4 is 17.4 Å². The third-order valence-corrected chi connectivity index (χ3v) is 3.87. The minimum Gasteiger partial charge on any atom is -0.481 e. The average Bonchev–Trinajstić information content (AvgIpc) is 2.91. The Morgan fingerprint density at radius 2 is 2.16 bits per heavy atom. The Morgan fingerprint density at radius 3 is 2.92 bits per heavy atom. The fourth-order valence-electron chi connectivity index (χ4n) is 2.68. The number of nitrogens with zero attached hydrogens (tertiary/aromatic N) is 3. The molecule has 0 unspecified atom stereocenters. The molecule has 0 fully saturated rings. The molecule has 0 radical (unpaired) electrons. The minimum atomic E-state index is -0.843. The van der Waals surface area contributed by atoms with E-state index in [1.807, 2.05) is 24.4 Å². The molecule has 0 saturated heterocycles. The first-order valence-corrected chi connectivity index (χ1v) is 8.02. The largest absolute Gasteiger partial charge is 0.481 e. The topological polar surface area (TPSA) is 79.5 Å². The molecule has 7 heteroatoms. The van der Waals surface area contributed by atoms with Crippen LogP contribution in [-0.2, 0) is 4.79 Å². The van der Waals surface area contributed by atoms with E-state index in [4.69, 9.17) is 5.11 Å². The van der Waals surface area contributed by atoms with Gasteiger partial charge in [0.15, 0.2) is 5.65 Å². The molecule has 6 nitrogen and oxygen atoms in total. The third kappa shape index (κ3) is 3.60. The van der Waals surface area contributed by atoms with E-state index in [0.717, 1.165) is 11.3 Å². The van der Waals surface area contributed by atoms with E-state index in [0.29, 0.717) is 35.7 Å². The van der Waals surface area contributed by atoms with Crippen molar-refractivity contribution in [2.45, 2.75) is 26.7 Å². The minimum absolute atomic E-state index is 0.0679. The highest BCUT2D eigenvalue weighted by Crippen LogP contribution is 2.31. The van der Waals surface area contributed by atoms with Crippen molar-refractivity contribution in [3.05, 3.63) is 47.7 Å². The van der Waals surface area contributed by atoms with Gasteiger partial charge in [0.1, 0.15) is 17.3 Å². The molecule has 0 aliphatic carbocycles. The normalized spacial score (nSPS) is 11.0. The Hall–Kier alpha value is -2.96. The quantitative estimate of drug-likeness (QED) is 0.671. The number of imidazole rings is 1. The molecular formula is C18H19FN4O2. The van der Waals surface area contributed by atoms with Crippen molar-refractivity contribution in [1.82, 2.24) is 14.4 Å². The zero-order chi connectivity index (χ0) is 18.0. The van der Waals surface area contributed by atoms with Gasteiger partial charge >= 0.3 is 5.97 Å². The first-order chi connectivity index (χ1) is 12.0. The fourth-order valence-corrected chi connectivity index (χ4v) is 2.68. The highest BCUT2D eigenvalue weighted by molar-refractivity contribution is 5.77. The molecule has 0 amide bonds. The Balaban J connectivity index is 2.05. The van der Waals surface area contributed by atoms with Gasteiger partial charge in [0, 0.05) is 24.7 Å². The van der Waals surface area contributed by atoms with E-state index in [1.165, 1.54) is 6.07 Å². The summed E-state index contributed by atoms with van der Waals surface area (Å²) in [6.07, 6.45) is 3.98. The van der Waals surface area contributed by atoms with Gasteiger partial charge in [-0.05, 0) is 32.4 Å². The van der Waals surface area contributed by atoms with Crippen molar-refractivity contribution in [2.75, 3.05) is 11.9 Å². The number of nitrogens with one attached hydrogen (secondary N) is 1. The number of halogens is 1. The lowest BCUT2D eigenvalue weighted by Crippen LogP contribution is -2.08. The SMILES string of the molecule is Cc1ccc(F)c(-c2nc3cnc(C)cn3c2NCCCC(=O)O)c1. The number of fused-ring (bicyclic) bond motifs is 1. The summed E-state index contributed by atoms with van der Waals surface area (Å²) in [6, 6.07) is 4.88. The van der Waals surface area contributed by atoms with E-state index in [9.17, 15) is 9.18 Å². The standard InChI is InChI=1S/C18H19FN4O2/c1-11-5-6-14(19)13(8-11)17-18(20-7-3-4-16(24)25)23-10-12(2)21-9-15(23)22-17/h5-6,8-10,20H,3-4,7H2,1-2H3,(H,24,25). The molecule has 2 heterocycles. The van der Waals surface area contributed by atoms with Crippen LogP contribution < -0.4 is 5.32 Å². The molecule has 0 aliphatic rings. The number of aromatic nitrogens is 3. The molecular weight excluding hydrogens is 323 g/mol. The van der Waals surface area contributed by atoms with E-state index in [1.54, 1.807) is 18.3 Å². The number of aryl methyl sites for hydroxylation is 2. The lowest BCUT2D eigenvalue weighted by Gasteiger charge is -2.09. The first kappa shape index (κ1) is 16.9. The fraction of sp³-hybridized carbons (Fsp3) is 0.278. The number of aliphatic carboxylic acids is 1. The average molecular weight is 342 g/mol. The van der Waals surface area contributed by atoms with Crippen LogP contribution in [0, 0.1) is 19.7 Å². The smallest absolute Gasteiger partial charge is 0.303 e. The molecule has 3 aromatic rings. The molecule has 2 aromatic heterocycles. The lowest BCUT2D eigenvalue weighted by molar-refractivity contribution is -0.137. The van der Waals surface area contributed by atoms with Crippen LogP contribution in [0.4, 0.5) is 10.2 Å². The molecule has 3 rings (SSSR count). The summed E-state index contributed by atoms with van der Waals surface area (Å²) in [4.78, 5) is 19.4. The number of hydrogen-bond acceptors (Lipinski definition) is 4. The van der Waals surface area contributed by atoms with Gasteiger partial charge in [0.25, 0.3) is 0 Å². The predicted molar refractivity (Wildman–Crippen MR) is 93.2 cm³/mol. The van der Waals surface area contributed by atoms with Gasteiger partial charge in [-0.15, -0.1) is 0 Å². The molecule has 0 aliphatic heterocycles. The van der Waals surface area contributed by atoms with E-state index in [2.05, 4.69) is 15.3 Å². The summed E-state index contributed by atoms with van der Waals surface area (Å²) in [7, 11) is 0. The number of anilines is 1. The Bertz CT molecular complexity index is 936. The van der Waals surface area contributed by atoms with Gasteiger partial charge in [0.2, 0.25) is 0 Å². The van der Waals surface area contributed by atoms with Gasteiger partial charge in [-0.2, -0.15) is 0 Å². The van der Waals surface area contributed by atoms with Crippen LogP contribution in [0.5, 0.6) is 0 Å². The highest BCUT2D eigenvalue weighted by atomic mass is 19.1. The van der Waals surface area contributed by atoms with E-state index < -0.39 is 5.97 Å². The summed E-state index contributed by atoms with van der Waals surface area (Å²) in [6.45, 7) is 4.20. The number of benzene rings is 1. The predicted octanol–water partition coefficient (Wildman–Crippen LogP) is 3.43. The summed E-state index contributed by atoms with van der Waals surface area (Å²) >= 11 is 0. The summed E-state index contributed by atoms with van der Waals surface area (Å²) < 4.78 is 16.2. The maximum atomic E-state index is 14.4. The van der Waals surface area contributed by atoms with Gasteiger partial charge in [0.05, 0.1) is 11.9 Å². The lowest BCUT2D eigenvalue weighted by atomic mass is 10.1. The van der Waals surface area contributed by atoms with Gasteiger partial charge in [-0.25, -0.2) is 9.37 Å². The van der Waals surface area contributed by atoms with Crippen molar-refractivity contribution in [3.8, 4) is 11.3 Å². The van der Waals surface area contributed by atoms with E-state index >= 15 is 0 Å². The summed E-state index contributed by atoms with van der Waals surface area (Å²) in [5, 5.41) is 12.0. The van der Waals surface area contributed by atoms with Crippen LogP contribution in [0.2, 0.25) is 0 Å². The Labute approximate surface area is 144 Å². The number of carboxylic acids is 1. The van der Waals surface area contributed by atoms with Crippen molar-refractivity contribution in [2.24, 2.45) is 0 Å². The highest BCUT2D eigenvalue weighted by Gasteiger charge is 2.17. The van der Waals surface area contributed by atoms with Crippen molar-refractivity contribution < 1.29 is 14.3 Å². The maximum Gasteiger partial charge on any atom is 0.303 e. The first-order valence-electron chi connectivity index (χ1n) is 8.02. The van der Waals surface area contributed by atoms with Crippen LogP contribution in [0.3, 0.4) is 0 Å². The molecule has 1 aromatic carbocycles. The van der Waals surface area contributed by atoms with Crippen molar-refractivity contribution in [1.29, 1.82) is 0 Å². The second-order valence-corrected chi connectivity index (χ2v) is 5.97. The number of rotatable bonds is 6. The molecule has 0 atom stereocenters. The maximum absolute atomic E-state index is 14.4. The van der Waals surface area contributed by atoms with Gasteiger partial charge in [-0.1, -0.05) is 11.6 Å². The second kappa shape index (κ2) is 6.88. The molecule has 0 saturated carbocycles.